The van der Waals surface area contributed by atoms with Gasteiger partial charge in [0.2, 0.25) is 0 Å². The van der Waals surface area contributed by atoms with Gasteiger partial charge in [-0.15, -0.1) is 0 Å². The van der Waals surface area contributed by atoms with E-state index in [0.717, 1.165) is 42.0 Å². The zero-order valence-electron chi connectivity index (χ0n) is 18.8. The first kappa shape index (κ1) is 22.2. The van der Waals surface area contributed by atoms with E-state index in [1.807, 2.05) is 0 Å². The first-order chi connectivity index (χ1) is 15.2. The van der Waals surface area contributed by atoms with E-state index in [2.05, 4.69) is 72.2 Å². The van der Waals surface area contributed by atoms with Crippen molar-refractivity contribution in [3.63, 3.8) is 0 Å². The largest absolute Gasteiger partial charge is 0.494 e. The molecule has 3 heteroatoms. The maximum Gasteiger partial charge on any atom is 0.134 e. The fraction of sp³-hybridized carbons (Fsp3) is 0.429. The Labute approximate surface area is 194 Å². The molecule has 0 radical (unpaired) electrons. The molecule has 4 aromatic carbocycles. The van der Waals surface area contributed by atoms with Crippen molar-refractivity contribution in [2.45, 2.75) is 65.2 Å². The first-order valence-corrected chi connectivity index (χ1v) is 12.7. The van der Waals surface area contributed by atoms with Gasteiger partial charge < -0.3 is 9.47 Å². The molecule has 0 aliphatic carbocycles. The van der Waals surface area contributed by atoms with Crippen LogP contribution in [0.4, 0.5) is 0 Å². The van der Waals surface area contributed by atoms with Gasteiger partial charge in [0.25, 0.3) is 0 Å². The summed E-state index contributed by atoms with van der Waals surface area (Å²) in [6, 6.07) is 15.4. The third kappa shape index (κ3) is 4.92. The van der Waals surface area contributed by atoms with Crippen LogP contribution in [-0.4, -0.2) is 13.2 Å². The van der Waals surface area contributed by atoms with E-state index in [4.69, 9.17) is 9.47 Å². The van der Waals surface area contributed by atoms with Crippen LogP contribution in [0.25, 0.3) is 32.3 Å². The molecule has 31 heavy (non-hydrogen) atoms. The predicted molar refractivity (Wildman–Crippen MR) is 137 cm³/mol. The van der Waals surface area contributed by atoms with Crippen LogP contribution in [0.1, 0.15) is 65.2 Å². The normalized spacial score (nSPS) is 11.7. The minimum atomic E-state index is 0.769. The lowest BCUT2D eigenvalue weighted by Crippen LogP contribution is -1.99. The van der Waals surface area contributed by atoms with E-state index in [1.165, 1.54) is 70.8 Å². The van der Waals surface area contributed by atoms with Crippen molar-refractivity contribution in [3.8, 4) is 11.5 Å². The molecule has 0 aliphatic heterocycles. The Morgan fingerprint density at radius 3 is 1.87 bits per heavy atom. The Balaban J connectivity index is 1.62. The Morgan fingerprint density at radius 1 is 0.645 bits per heavy atom. The summed E-state index contributed by atoms with van der Waals surface area (Å²) in [5, 5.41) is 7.53. The van der Waals surface area contributed by atoms with E-state index >= 15 is 0 Å². The average Bonchev–Trinajstić information content (AvgIpc) is 2.78. The van der Waals surface area contributed by atoms with Gasteiger partial charge in [-0.3, -0.25) is 0 Å². The second-order valence-electron chi connectivity index (χ2n) is 8.53. The van der Waals surface area contributed by atoms with Gasteiger partial charge in [-0.05, 0) is 73.9 Å². The summed E-state index contributed by atoms with van der Waals surface area (Å²) in [6.07, 6.45) is 9.74. The Morgan fingerprint density at radius 2 is 1.23 bits per heavy atom. The molecule has 0 unspecified atom stereocenters. The van der Waals surface area contributed by atoms with E-state index in [-0.39, 0.29) is 0 Å². The van der Waals surface area contributed by atoms with E-state index < -0.39 is 0 Å². The lowest BCUT2D eigenvalue weighted by atomic mass is 9.94. The molecule has 0 atom stereocenters. The van der Waals surface area contributed by atoms with Gasteiger partial charge in [0, 0.05) is 5.39 Å². The first-order valence-electron chi connectivity index (χ1n) is 11.9. The second-order valence-corrected chi connectivity index (χ2v) is 9.32. The summed E-state index contributed by atoms with van der Waals surface area (Å²) in [5.41, 5.74) is 0. The monoisotopic (exact) mass is 480 g/mol. The molecule has 0 heterocycles. The van der Waals surface area contributed by atoms with Gasteiger partial charge in [-0.2, -0.15) is 0 Å². The van der Waals surface area contributed by atoms with Crippen LogP contribution in [-0.2, 0) is 0 Å². The van der Waals surface area contributed by atoms with Crippen LogP contribution in [0.2, 0.25) is 0 Å². The molecule has 2 nitrogen and oxygen atoms in total. The molecular formula is C28H33BrO2. The molecular weight excluding hydrogens is 448 g/mol. The van der Waals surface area contributed by atoms with Crippen LogP contribution < -0.4 is 9.47 Å². The molecule has 0 bridgehead atoms. The van der Waals surface area contributed by atoms with Crippen molar-refractivity contribution >= 4 is 48.2 Å². The number of hydrogen-bond acceptors (Lipinski definition) is 2. The van der Waals surface area contributed by atoms with Crippen molar-refractivity contribution in [2.24, 2.45) is 0 Å². The van der Waals surface area contributed by atoms with Crippen molar-refractivity contribution in [2.75, 3.05) is 13.2 Å². The SMILES string of the molecule is CCCCCCOc1cc2ccc3cc(OCCCCCC)c(Br)c4ccc(c1)c2c34. The summed E-state index contributed by atoms with van der Waals surface area (Å²) in [6.45, 7) is 6.03. The molecule has 0 saturated heterocycles. The zero-order chi connectivity index (χ0) is 21.6. The Kier molecular flexibility index (Phi) is 7.55. The lowest BCUT2D eigenvalue weighted by Gasteiger charge is -2.16. The summed E-state index contributed by atoms with van der Waals surface area (Å²) in [7, 11) is 0. The van der Waals surface area contributed by atoms with Crippen molar-refractivity contribution < 1.29 is 9.47 Å². The van der Waals surface area contributed by atoms with Crippen LogP contribution in [0.3, 0.4) is 0 Å². The van der Waals surface area contributed by atoms with Gasteiger partial charge in [0.1, 0.15) is 11.5 Å². The van der Waals surface area contributed by atoms with Gasteiger partial charge >= 0.3 is 0 Å². The number of unbranched alkanes of at least 4 members (excludes halogenated alkanes) is 6. The summed E-state index contributed by atoms with van der Waals surface area (Å²) in [5.74, 6) is 1.91. The molecule has 0 N–H and O–H groups in total. The van der Waals surface area contributed by atoms with E-state index in [1.54, 1.807) is 0 Å². The quantitative estimate of drug-likeness (QED) is 0.148. The van der Waals surface area contributed by atoms with Gasteiger partial charge in [0.15, 0.2) is 0 Å². The minimum absolute atomic E-state index is 0.769. The third-order valence-corrected chi connectivity index (χ3v) is 6.93. The summed E-state index contributed by atoms with van der Waals surface area (Å²) < 4.78 is 13.3. The number of rotatable bonds is 12. The van der Waals surface area contributed by atoms with Gasteiger partial charge in [-0.25, -0.2) is 0 Å². The molecule has 0 fully saturated rings. The van der Waals surface area contributed by atoms with Crippen molar-refractivity contribution in [1.29, 1.82) is 0 Å². The van der Waals surface area contributed by atoms with Crippen molar-refractivity contribution in [3.05, 3.63) is 46.9 Å². The average molecular weight is 481 g/mol. The summed E-state index contributed by atoms with van der Waals surface area (Å²) in [4.78, 5) is 0. The molecule has 0 spiro atoms. The maximum absolute atomic E-state index is 6.16. The van der Waals surface area contributed by atoms with Crippen LogP contribution in [0.15, 0.2) is 46.9 Å². The minimum Gasteiger partial charge on any atom is -0.494 e. The standard InChI is InChI=1S/C28H33BrO2/c1-3-5-7-9-15-30-23-17-20-11-12-22-19-25(31-16-10-8-6-4-2)28(29)24-14-13-21(18-23)26(20)27(22)24/h11-14,17-19H,3-10,15-16H2,1-2H3. The maximum atomic E-state index is 6.16. The van der Waals surface area contributed by atoms with Gasteiger partial charge in [0.05, 0.1) is 17.7 Å². The predicted octanol–water partition coefficient (Wildman–Crippen LogP) is 9.26. The highest BCUT2D eigenvalue weighted by molar-refractivity contribution is 9.10. The second kappa shape index (κ2) is 10.5. The molecule has 0 amide bonds. The highest BCUT2D eigenvalue weighted by Crippen LogP contribution is 2.43. The number of benzene rings is 4. The molecule has 164 valence electrons. The smallest absolute Gasteiger partial charge is 0.134 e. The molecule has 4 aromatic rings. The zero-order valence-corrected chi connectivity index (χ0v) is 20.4. The molecule has 0 aliphatic rings. The van der Waals surface area contributed by atoms with Crippen LogP contribution in [0, 0.1) is 0 Å². The fourth-order valence-corrected chi connectivity index (χ4v) is 4.98. The topological polar surface area (TPSA) is 18.5 Å². The van der Waals surface area contributed by atoms with Gasteiger partial charge in [-0.1, -0.05) is 76.6 Å². The number of ether oxygens (including phenoxy) is 2. The highest BCUT2D eigenvalue weighted by Gasteiger charge is 2.15. The summed E-state index contributed by atoms with van der Waals surface area (Å²) >= 11 is 3.83. The fourth-order valence-electron chi connectivity index (χ4n) is 4.42. The Hall–Kier alpha value is -2.00. The molecule has 0 saturated carbocycles. The lowest BCUT2D eigenvalue weighted by molar-refractivity contribution is 0.304. The van der Waals surface area contributed by atoms with E-state index in [9.17, 15) is 0 Å². The van der Waals surface area contributed by atoms with Crippen molar-refractivity contribution in [1.82, 2.24) is 0 Å². The van der Waals surface area contributed by atoms with Crippen LogP contribution >= 0.6 is 15.9 Å². The van der Waals surface area contributed by atoms with Crippen LogP contribution in [0.5, 0.6) is 11.5 Å². The number of halogens is 1. The van der Waals surface area contributed by atoms with E-state index in [0.29, 0.717) is 0 Å². The Bertz CT molecular complexity index is 1120. The number of hydrogen-bond donors (Lipinski definition) is 0. The molecule has 4 rings (SSSR count). The molecule has 0 aromatic heterocycles. The highest BCUT2D eigenvalue weighted by atomic mass is 79.9. The third-order valence-electron chi connectivity index (χ3n) is 6.11.